The summed E-state index contributed by atoms with van der Waals surface area (Å²) in [4.78, 5) is 7.32. The van der Waals surface area contributed by atoms with Crippen LogP contribution in [0.1, 0.15) is 0 Å². The minimum absolute atomic E-state index is 0.359. The topological polar surface area (TPSA) is 81.9 Å². The maximum atomic E-state index is 11.7. The van der Waals surface area contributed by atoms with E-state index in [1.165, 1.54) is 11.9 Å². The Balaban J connectivity index is 1.30. The zero-order chi connectivity index (χ0) is 21.4. The number of anilines is 3. The van der Waals surface area contributed by atoms with Crippen LogP contribution >= 0.6 is 0 Å². The fourth-order valence-electron chi connectivity index (χ4n) is 4.34. The number of nitrogens with one attached hydrogen (secondary N) is 1. The van der Waals surface area contributed by atoms with Crippen molar-refractivity contribution in [3.05, 3.63) is 42.5 Å². The molecule has 2 saturated heterocycles. The molecule has 0 amide bonds. The molecule has 164 valence electrons. The third-order valence-corrected chi connectivity index (χ3v) is 7.25. The van der Waals surface area contributed by atoms with Gasteiger partial charge in [0, 0.05) is 70.0 Å². The Morgan fingerprint density at radius 1 is 0.839 bits per heavy atom. The minimum Gasteiger partial charge on any atom is -0.368 e. The lowest BCUT2D eigenvalue weighted by atomic mass is 10.1. The largest absolute Gasteiger partial charge is 0.368 e. The van der Waals surface area contributed by atoms with Crippen molar-refractivity contribution >= 4 is 38.0 Å². The molecule has 2 fully saturated rings. The van der Waals surface area contributed by atoms with Gasteiger partial charge in [0.2, 0.25) is 0 Å². The minimum atomic E-state index is -3.17. The summed E-state index contributed by atoms with van der Waals surface area (Å²) in [5, 5.41) is 8.78. The SMILES string of the molecule is CS(=O)(=O)c1ccc(N2CCN(c3ccc4onc(N5CCNCC5)c4c3)CC2)cc1. The maximum Gasteiger partial charge on any atom is 0.180 e. The number of sulfone groups is 1. The van der Waals surface area contributed by atoms with E-state index in [2.05, 4.69) is 37.3 Å². The van der Waals surface area contributed by atoms with Gasteiger partial charge in [-0.3, -0.25) is 0 Å². The first-order valence-electron chi connectivity index (χ1n) is 10.6. The zero-order valence-corrected chi connectivity index (χ0v) is 18.4. The fraction of sp³-hybridized carbons (Fsp3) is 0.409. The number of benzene rings is 2. The number of fused-ring (bicyclic) bond motifs is 1. The second-order valence-corrected chi connectivity index (χ2v) is 10.2. The van der Waals surface area contributed by atoms with Crippen LogP contribution in [0.3, 0.4) is 0 Å². The van der Waals surface area contributed by atoms with Crippen LogP contribution in [0.15, 0.2) is 51.9 Å². The van der Waals surface area contributed by atoms with Gasteiger partial charge < -0.3 is 24.5 Å². The van der Waals surface area contributed by atoms with Crippen LogP contribution < -0.4 is 20.0 Å². The molecule has 0 atom stereocenters. The second-order valence-electron chi connectivity index (χ2n) is 8.16. The summed E-state index contributed by atoms with van der Waals surface area (Å²) in [7, 11) is -3.17. The van der Waals surface area contributed by atoms with Gasteiger partial charge in [0.05, 0.1) is 10.3 Å². The van der Waals surface area contributed by atoms with Crippen LogP contribution in [0.2, 0.25) is 0 Å². The standard InChI is InChI=1S/C22H27N5O3S/c1-31(28,29)19-5-2-17(3-6-19)25-12-14-26(15-13-25)18-4-7-21-20(16-18)22(24-30-21)27-10-8-23-9-11-27/h2-7,16,23H,8-15H2,1H3. The van der Waals surface area contributed by atoms with E-state index in [1.807, 2.05) is 18.2 Å². The molecule has 31 heavy (non-hydrogen) atoms. The van der Waals surface area contributed by atoms with Crippen molar-refractivity contribution < 1.29 is 12.9 Å². The van der Waals surface area contributed by atoms with Gasteiger partial charge in [-0.25, -0.2) is 8.42 Å². The van der Waals surface area contributed by atoms with Crippen molar-refractivity contribution in [1.29, 1.82) is 0 Å². The van der Waals surface area contributed by atoms with Crippen LogP contribution in [0.4, 0.5) is 17.2 Å². The lowest BCUT2D eigenvalue weighted by molar-refractivity contribution is 0.451. The number of hydrogen-bond acceptors (Lipinski definition) is 8. The molecule has 0 unspecified atom stereocenters. The van der Waals surface area contributed by atoms with E-state index in [-0.39, 0.29) is 0 Å². The van der Waals surface area contributed by atoms with Crippen LogP contribution in [0.5, 0.6) is 0 Å². The summed E-state index contributed by atoms with van der Waals surface area (Å²) in [6.07, 6.45) is 1.24. The van der Waals surface area contributed by atoms with Crippen molar-refractivity contribution in [3.63, 3.8) is 0 Å². The number of hydrogen-bond donors (Lipinski definition) is 1. The molecule has 3 heterocycles. The molecule has 2 aromatic carbocycles. The average molecular weight is 442 g/mol. The maximum absolute atomic E-state index is 11.7. The van der Waals surface area contributed by atoms with E-state index in [0.717, 1.165) is 74.8 Å². The Kier molecular flexibility index (Phi) is 5.23. The Morgan fingerprint density at radius 2 is 1.45 bits per heavy atom. The first kappa shape index (κ1) is 20.1. The van der Waals surface area contributed by atoms with E-state index in [0.29, 0.717) is 4.90 Å². The highest BCUT2D eigenvalue weighted by Gasteiger charge is 2.21. The first-order chi connectivity index (χ1) is 15.0. The summed E-state index contributed by atoms with van der Waals surface area (Å²) < 4.78 is 28.9. The molecule has 3 aromatic rings. The lowest BCUT2D eigenvalue weighted by Crippen LogP contribution is -2.46. The van der Waals surface area contributed by atoms with Gasteiger partial charge in [0.1, 0.15) is 0 Å². The van der Waals surface area contributed by atoms with Gasteiger partial charge in [0.15, 0.2) is 21.2 Å². The molecule has 9 heteroatoms. The molecule has 0 radical (unpaired) electrons. The fourth-order valence-corrected chi connectivity index (χ4v) is 4.97. The van der Waals surface area contributed by atoms with Crippen molar-refractivity contribution in [3.8, 4) is 0 Å². The summed E-state index contributed by atoms with van der Waals surface area (Å²) >= 11 is 0. The van der Waals surface area contributed by atoms with Gasteiger partial charge in [-0.15, -0.1) is 0 Å². The van der Waals surface area contributed by atoms with Crippen molar-refractivity contribution in [2.24, 2.45) is 0 Å². The molecular formula is C22H27N5O3S. The average Bonchev–Trinajstić information content (AvgIpc) is 3.23. The molecule has 0 bridgehead atoms. The Bertz CT molecular complexity index is 1160. The highest BCUT2D eigenvalue weighted by atomic mass is 32.2. The zero-order valence-electron chi connectivity index (χ0n) is 17.6. The van der Waals surface area contributed by atoms with E-state index in [9.17, 15) is 8.42 Å². The van der Waals surface area contributed by atoms with Gasteiger partial charge in [-0.2, -0.15) is 0 Å². The molecule has 8 nitrogen and oxygen atoms in total. The van der Waals surface area contributed by atoms with E-state index in [1.54, 1.807) is 12.1 Å². The number of piperazine rings is 2. The Morgan fingerprint density at radius 3 is 2.10 bits per heavy atom. The predicted octanol–water partition coefficient (Wildman–Crippen LogP) is 1.97. The third kappa shape index (κ3) is 4.07. The number of aromatic nitrogens is 1. The van der Waals surface area contributed by atoms with E-state index >= 15 is 0 Å². The molecule has 2 aliphatic rings. The lowest BCUT2D eigenvalue weighted by Gasteiger charge is -2.37. The molecule has 0 aliphatic carbocycles. The molecule has 1 N–H and O–H groups in total. The summed E-state index contributed by atoms with van der Waals surface area (Å²) in [6.45, 7) is 7.34. The number of rotatable bonds is 4. The summed E-state index contributed by atoms with van der Waals surface area (Å²) in [5.74, 6) is 0.933. The van der Waals surface area contributed by atoms with Gasteiger partial charge >= 0.3 is 0 Å². The third-order valence-electron chi connectivity index (χ3n) is 6.13. The molecule has 2 aliphatic heterocycles. The van der Waals surface area contributed by atoms with Gasteiger partial charge in [0.25, 0.3) is 0 Å². The quantitative estimate of drug-likeness (QED) is 0.658. The van der Waals surface area contributed by atoms with Crippen LogP contribution in [0.25, 0.3) is 11.0 Å². The predicted molar refractivity (Wildman–Crippen MR) is 123 cm³/mol. The molecule has 1 aromatic heterocycles. The first-order valence-corrected chi connectivity index (χ1v) is 12.5. The van der Waals surface area contributed by atoms with E-state index in [4.69, 9.17) is 4.52 Å². The highest BCUT2D eigenvalue weighted by molar-refractivity contribution is 7.90. The van der Waals surface area contributed by atoms with Crippen LogP contribution in [-0.4, -0.2) is 72.2 Å². The molecule has 0 saturated carbocycles. The van der Waals surface area contributed by atoms with Crippen molar-refractivity contribution in [1.82, 2.24) is 10.5 Å². The summed E-state index contributed by atoms with van der Waals surface area (Å²) in [5.41, 5.74) is 3.06. The van der Waals surface area contributed by atoms with E-state index < -0.39 is 9.84 Å². The van der Waals surface area contributed by atoms with Crippen molar-refractivity contribution in [2.45, 2.75) is 4.90 Å². The van der Waals surface area contributed by atoms with Gasteiger partial charge in [-0.1, -0.05) is 5.16 Å². The monoisotopic (exact) mass is 441 g/mol. The summed E-state index contributed by atoms with van der Waals surface area (Å²) in [6, 6.07) is 13.5. The highest BCUT2D eigenvalue weighted by Crippen LogP contribution is 2.31. The van der Waals surface area contributed by atoms with Gasteiger partial charge in [-0.05, 0) is 42.5 Å². The normalized spacial score (nSPS) is 18.0. The molecule has 0 spiro atoms. The van der Waals surface area contributed by atoms with Crippen molar-refractivity contribution in [2.75, 3.05) is 73.3 Å². The van der Waals surface area contributed by atoms with Crippen LogP contribution in [-0.2, 0) is 9.84 Å². The second kappa shape index (κ2) is 8.05. The van der Waals surface area contributed by atoms with Crippen LogP contribution in [0, 0.1) is 0 Å². The Hall–Kier alpha value is -2.78. The molecule has 5 rings (SSSR count). The smallest absolute Gasteiger partial charge is 0.180 e. The number of nitrogens with zero attached hydrogens (tertiary/aromatic N) is 4. The molecular weight excluding hydrogens is 414 g/mol. The Labute approximate surface area is 182 Å².